The number of nitrogens with one attached hydrogen (secondary N) is 1. The lowest BCUT2D eigenvalue weighted by atomic mass is 10.2. The number of thiazole rings is 1. The van der Waals surface area contributed by atoms with Gasteiger partial charge in [0.1, 0.15) is 0 Å². The number of carbonyl (C=O) groups excluding carboxylic acids is 1. The number of aromatic nitrogens is 2. The van der Waals surface area contributed by atoms with Crippen LogP contribution in [0.25, 0.3) is 22.4 Å². The predicted molar refractivity (Wildman–Crippen MR) is 106 cm³/mol. The van der Waals surface area contributed by atoms with Crippen molar-refractivity contribution in [2.24, 2.45) is 0 Å². The lowest BCUT2D eigenvalue weighted by Crippen LogP contribution is -2.17. The first-order valence-corrected chi connectivity index (χ1v) is 9.68. The van der Waals surface area contributed by atoms with Crippen LogP contribution < -0.4 is 11.1 Å². The molecule has 1 amide bonds. The molecule has 0 spiro atoms. The molecule has 0 atom stereocenters. The highest BCUT2D eigenvalue weighted by Gasteiger charge is 2.12. The van der Waals surface area contributed by atoms with Crippen LogP contribution in [0.5, 0.6) is 0 Å². The highest BCUT2D eigenvalue weighted by molar-refractivity contribution is 7.14. The molecule has 9 heteroatoms. The average molecular weight is 415 g/mol. The molecule has 0 saturated heterocycles. The minimum absolute atomic E-state index is 0.187. The number of halogens is 2. The van der Waals surface area contributed by atoms with Crippen LogP contribution >= 0.6 is 11.3 Å². The van der Waals surface area contributed by atoms with Crippen molar-refractivity contribution in [3.8, 4) is 11.3 Å². The van der Waals surface area contributed by atoms with E-state index >= 15 is 0 Å². The molecular formula is C20H15F2N3O3S. The Labute approximate surface area is 167 Å². The first-order chi connectivity index (χ1) is 14.0. The monoisotopic (exact) mass is 415 g/mol. The average Bonchev–Trinajstić information content (AvgIpc) is 3.28. The first-order valence-electron chi connectivity index (χ1n) is 8.80. The van der Waals surface area contributed by atoms with Gasteiger partial charge in [0, 0.05) is 23.9 Å². The van der Waals surface area contributed by atoms with Gasteiger partial charge in [-0.1, -0.05) is 12.1 Å². The number of anilines is 1. The molecule has 0 aliphatic heterocycles. The molecule has 2 aromatic carbocycles. The molecule has 2 aromatic heterocycles. The molecule has 148 valence electrons. The maximum Gasteiger partial charge on any atom is 0.419 e. The standard InChI is InChI=1S/C20H15F2N3O3S/c21-13-8-7-12(10-14(13)22)15-11-29-19(23-15)24-18(26)6-3-9-25-16-4-1-2-5-17(16)28-20(25)27/h1-2,4-5,7-8,10-11H,3,6,9H2,(H,23,24,26). The molecule has 4 rings (SSSR count). The Morgan fingerprint density at radius 2 is 2.00 bits per heavy atom. The van der Waals surface area contributed by atoms with E-state index in [0.717, 1.165) is 12.1 Å². The molecule has 0 bridgehead atoms. The van der Waals surface area contributed by atoms with Gasteiger partial charge in [-0.25, -0.2) is 18.6 Å². The fraction of sp³-hybridized carbons (Fsp3) is 0.150. The minimum Gasteiger partial charge on any atom is -0.408 e. The van der Waals surface area contributed by atoms with E-state index in [4.69, 9.17) is 4.42 Å². The Morgan fingerprint density at radius 3 is 2.83 bits per heavy atom. The second-order valence-electron chi connectivity index (χ2n) is 6.31. The number of carbonyl (C=O) groups is 1. The molecule has 0 radical (unpaired) electrons. The van der Waals surface area contributed by atoms with E-state index in [1.165, 1.54) is 22.0 Å². The number of nitrogens with zero attached hydrogens (tertiary/aromatic N) is 2. The van der Waals surface area contributed by atoms with E-state index in [9.17, 15) is 18.4 Å². The van der Waals surface area contributed by atoms with Gasteiger partial charge in [0.2, 0.25) is 5.91 Å². The fourth-order valence-electron chi connectivity index (χ4n) is 2.92. The maximum absolute atomic E-state index is 13.4. The first kappa shape index (κ1) is 19.0. The fourth-order valence-corrected chi connectivity index (χ4v) is 3.66. The molecule has 1 N–H and O–H groups in total. The van der Waals surface area contributed by atoms with Crippen LogP contribution in [0.3, 0.4) is 0 Å². The largest absolute Gasteiger partial charge is 0.419 e. The van der Waals surface area contributed by atoms with Crippen LogP contribution in [-0.4, -0.2) is 15.5 Å². The molecule has 0 aliphatic rings. The third kappa shape index (κ3) is 4.09. The van der Waals surface area contributed by atoms with Gasteiger partial charge in [0.05, 0.1) is 11.2 Å². The number of rotatable bonds is 6. The molecular weight excluding hydrogens is 400 g/mol. The van der Waals surface area contributed by atoms with Crippen molar-refractivity contribution < 1.29 is 18.0 Å². The second-order valence-corrected chi connectivity index (χ2v) is 7.16. The maximum atomic E-state index is 13.4. The number of aryl methyl sites for hydroxylation is 1. The van der Waals surface area contributed by atoms with Crippen molar-refractivity contribution in [1.82, 2.24) is 9.55 Å². The quantitative estimate of drug-likeness (QED) is 0.506. The van der Waals surface area contributed by atoms with Gasteiger partial charge >= 0.3 is 5.76 Å². The summed E-state index contributed by atoms with van der Waals surface area (Å²) in [5, 5.41) is 4.69. The second kappa shape index (κ2) is 7.96. The van der Waals surface area contributed by atoms with Crippen LogP contribution in [0.1, 0.15) is 12.8 Å². The van der Waals surface area contributed by atoms with Crippen molar-refractivity contribution in [3.05, 3.63) is 70.0 Å². The summed E-state index contributed by atoms with van der Waals surface area (Å²) >= 11 is 1.19. The normalized spacial score (nSPS) is 11.1. The third-order valence-electron chi connectivity index (χ3n) is 4.33. The van der Waals surface area contributed by atoms with E-state index in [-0.39, 0.29) is 12.3 Å². The molecule has 0 aliphatic carbocycles. The van der Waals surface area contributed by atoms with Gasteiger partial charge < -0.3 is 9.73 Å². The predicted octanol–water partition coefficient (Wildman–Crippen LogP) is 4.42. The van der Waals surface area contributed by atoms with Crippen LogP contribution in [0, 0.1) is 11.6 Å². The lowest BCUT2D eigenvalue weighted by Gasteiger charge is -2.03. The SMILES string of the molecule is O=C(CCCn1c(=O)oc2ccccc21)Nc1nc(-c2ccc(F)c(F)c2)cs1. The number of hydrogen-bond acceptors (Lipinski definition) is 5. The summed E-state index contributed by atoms with van der Waals surface area (Å²) in [5.41, 5.74) is 2.07. The van der Waals surface area contributed by atoms with Gasteiger partial charge in [-0.3, -0.25) is 9.36 Å². The number of oxazole rings is 1. The topological polar surface area (TPSA) is 77.1 Å². The van der Waals surface area contributed by atoms with Crippen molar-refractivity contribution >= 4 is 33.5 Å². The number of para-hydroxylation sites is 2. The van der Waals surface area contributed by atoms with Crippen LogP contribution in [0.2, 0.25) is 0 Å². The number of benzene rings is 2. The highest BCUT2D eigenvalue weighted by Crippen LogP contribution is 2.26. The van der Waals surface area contributed by atoms with Crippen molar-refractivity contribution in [1.29, 1.82) is 0 Å². The molecule has 2 heterocycles. The molecule has 0 saturated carbocycles. The smallest absolute Gasteiger partial charge is 0.408 e. The number of amides is 1. The van der Waals surface area contributed by atoms with Crippen LogP contribution in [0.15, 0.2) is 57.1 Å². The summed E-state index contributed by atoms with van der Waals surface area (Å²) in [6.45, 7) is 0.348. The number of hydrogen-bond donors (Lipinski definition) is 1. The zero-order valence-electron chi connectivity index (χ0n) is 15.0. The van der Waals surface area contributed by atoms with E-state index < -0.39 is 17.4 Å². The molecule has 0 fully saturated rings. The van der Waals surface area contributed by atoms with Gasteiger partial charge in [0.15, 0.2) is 22.3 Å². The highest BCUT2D eigenvalue weighted by atomic mass is 32.1. The summed E-state index contributed by atoms with van der Waals surface area (Å²) < 4.78 is 33.1. The van der Waals surface area contributed by atoms with E-state index in [0.29, 0.717) is 40.5 Å². The zero-order chi connectivity index (χ0) is 20.4. The van der Waals surface area contributed by atoms with Crippen LogP contribution in [-0.2, 0) is 11.3 Å². The molecule has 6 nitrogen and oxygen atoms in total. The van der Waals surface area contributed by atoms with Gasteiger partial charge in [-0.05, 0) is 36.8 Å². The third-order valence-corrected chi connectivity index (χ3v) is 5.08. The summed E-state index contributed by atoms with van der Waals surface area (Å²) in [6.07, 6.45) is 0.628. The van der Waals surface area contributed by atoms with Crippen molar-refractivity contribution in [2.45, 2.75) is 19.4 Å². The Balaban J connectivity index is 1.35. The Hall–Kier alpha value is -3.33. The van der Waals surface area contributed by atoms with Crippen molar-refractivity contribution in [3.63, 3.8) is 0 Å². The van der Waals surface area contributed by atoms with Crippen molar-refractivity contribution in [2.75, 3.05) is 5.32 Å². The van der Waals surface area contributed by atoms with Crippen LogP contribution in [0.4, 0.5) is 13.9 Å². The van der Waals surface area contributed by atoms with Gasteiger partial charge in [-0.2, -0.15) is 0 Å². The Bertz CT molecular complexity index is 1250. The van der Waals surface area contributed by atoms with Gasteiger partial charge in [-0.15, -0.1) is 11.3 Å². The number of fused-ring (bicyclic) bond motifs is 1. The van der Waals surface area contributed by atoms with E-state index in [1.807, 2.05) is 6.07 Å². The summed E-state index contributed by atoms with van der Waals surface area (Å²) in [4.78, 5) is 28.3. The van der Waals surface area contributed by atoms with E-state index in [2.05, 4.69) is 10.3 Å². The molecule has 0 unspecified atom stereocenters. The summed E-state index contributed by atoms with van der Waals surface area (Å²) in [5.74, 6) is -2.59. The van der Waals surface area contributed by atoms with Gasteiger partial charge in [0.25, 0.3) is 0 Å². The Kier molecular flexibility index (Phi) is 5.22. The summed E-state index contributed by atoms with van der Waals surface area (Å²) in [7, 11) is 0. The Morgan fingerprint density at radius 1 is 1.17 bits per heavy atom. The van der Waals surface area contributed by atoms with E-state index in [1.54, 1.807) is 23.6 Å². The molecule has 29 heavy (non-hydrogen) atoms. The lowest BCUT2D eigenvalue weighted by molar-refractivity contribution is -0.116. The summed E-state index contributed by atoms with van der Waals surface area (Å²) in [6, 6.07) is 10.6. The molecule has 4 aromatic rings. The zero-order valence-corrected chi connectivity index (χ0v) is 15.8. The minimum atomic E-state index is -0.955.